The Morgan fingerprint density at radius 3 is 2.61 bits per heavy atom. The van der Waals surface area contributed by atoms with Crippen LogP contribution in [-0.2, 0) is 0 Å². The molecule has 5 heteroatoms. The third-order valence-electron chi connectivity index (χ3n) is 2.33. The lowest BCUT2D eigenvalue weighted by Gasteiger charge is -2.07. The summed E-state index contributed by atoms with van der Waals surface area (Å²) in [7, 11) is 0. The first-order valence-corrected chi connectivity index (χ1v) is 5.91. The summed E-state index contributed by atoms with van der Waals surface area (Å²) in [4.78, 5) is 11.9. The number of amides is 1. The fraction of sp³-hybridized carbons (Fsp3) is 0. The number of aromatic hydroxyl groups is 1. The van der Waals surface area contributed by atoms with Crippen molar-refractivity contribution in [3.8, 4) is 5.75 Å². The molecule has 0 aliphatic heterocycles. The van der Waals surface area contributed by atoms with Crippen LogP contribution >= 0.6 is 15.9 Å². The van der Waals surface area contributed by atoms with Crippen LogP contribution in [0.25, 0.3) is 0 Å². The third-order valence-corrected chi connectivity index (χ3v) is 2.93. The predicted molar refractivity (Wildman–Crippen MR) is 70.2 cm³/mol. The Kier molecular flexibility index (Phi) is 3.62. The second-order valence-electron chi connectivity index (χ2n) is 3.60. The molecule has 0 unspecified atom stereocenters. The van der Waals surface area contributed by atoms with Gasteiger partial charge in [0, 0.05) is 5.69 Å². The molecular weight excluding hydrogens is 301 g/mol. The number of halogens is 2. The number of rotatable bonds is 2. The van der Waals surface area contributed by atoms with Gasteiger partial charge in [0.1, 0.15) is 11.6 Å². The van der Waals surface area contributed by atoms with Crippen molar-refractivity contribution in [2.75, 3.05) is 5.32 Å². The van der Waals surface area contributed by atoms with Gasteiger partial charge in [0.2, 0.25) is 0 Å². The molecule has 2 rings (SSSR count). The second-order valence-corrected chi connectivity index (χ2v) is 4.45. The van der Waals surface area contributed by atoms with Crippen LogP contribution in [0.3, 0.4) is 0 Å². The zero-order valence-corrected chi connectivity index (χ0v) is 10.7. The lowest BCUT2D eigenvalue weighted by molar-refractivity contribution is 0.102. The molecule has 0 heterocycles. The molecule has 0 bridgehead atoms. The van der Waals surface area contributed by atoms with E-state index in [0.717, 1.165) is 0 Å². The maximum Gasteiger partial charge on any atom is 0.259 e. The number of carbonyl (C=O) groups is 1. The van der Waals surface area contributed by atoms with Crippen LogP contribution in [0, 0.1) is 5.82 Å². The Morgan fingerprint density at radius 2 is 1.94 bits per heavy atom. The summed E-state index contributed by atoms with van der Waals surface area (Å²) >= 11 is 3.03. The predicted octanol–water partition coefficient (Wildman–Crippen LogP) is 3.55. The lowest BCUT2D eigenvalue weighted by Crippen LogP contribution is -2.12. The Morgan fingerprint density at radius 1 is 1.22 bits per heavy atom. The van der Waals surface area contributed by atoms with Gasteiger partial charge in [-0.25, -0.2) is 4.39 Å². The van der Waals surface area contributed by atoms with Gasteiger partial charge < -0.3 is 10.4 Å². The number of phenols is 1. The van der Waals surface area contributed by atoms with E-state index in [9.17, 15) is 14.3 Å². The zero-order chi connectivity index (χ0) is 13.1. The highest BCUT2D eigenvalue weighted by Gasteiger charge is 2.11. The minimum Gasteiger partial charge on any atom is -0.507 e. The maximum absolute atomic E-state index is 13.0. The van der Waals surface area contributed by atoms with Crippen LogP contribution in [0.1, 0.15) is 10.4 Å². The minimum absolute atomic E-state index is 0.101. The first kappa shape index (κ1) is 12.6. The summed E-state index contributed by atoms with van der Waals surface area (Å²) in [5, 5.41) is 12.1. The molecule has 0 aliphatic carbocycles. The van der Waals surface area contributed by atoms with Crippen molar-refractivity contribution in [2.45, 2.75) is 0 Å². The van der Waals surface area contributed by atoms with Crippen molar-refractivity contribution in [3.05, 3.63) is 58.3 Å². The van der Waals surface area contributed by atoms with Crippen molar-refractivity contribution < 1.29 is 14.3 Å². The van der Waals surface area contributed by atoms with E-state index in [4.69, 9.17) is 0 Å². The molecule has 92 valence electrons. The molecule has 18 heavy (non-hydrogen) atoms. The number of hydrogen-bond acceptors (Lipinski definition) is 2. The number of nitrogens with one attached hydrogen (secondary N) is 1. The zero-order valence-electron chi connectivity index (χ0n) is 9.15. The number of benzene rings is 2. The van der Waals surface area contributed by atoms with Crippen LogP contribution in [0.15, 0.2) is 46.9 Å². The number of para-hydroxylation sites is 1. The van der Waals surface area contributed by atoms with Gasteiger partial charge in [0.25, 0.3) is 5.91 Å². The van der Waals surface area contributed by atoms with Crippen molar-refractivity contribution in [3.63, 3.8) is 0 Å². The van der Waals surface area contributed by atoms with Crippen LogP contribution in [0.4, 0.5) is 10.1 Å². The largest absolute Gasteiger partial charge is 0.507 e. The molecular formula is C13H9BrFNO2. The fourth-order valence-electron chi connectivity index (χ4n) is 1.44. The number of hydrogen-bond donors (Lipinski definition) is 2. The first-order chi connectivity index (χ1) is 8.58. The first-order valence-electron chi connectivity index (χ1n) is 5.12. The lowest BCUT2D eigenvalue weighted by atomic mass is 10.2. The van der Waals surface area contributed by atoms with Crippen molar-refractivity contribution in [1.82, 2.24) is 0 Å². The monoisotopic (exact) mass is 309 g/mol. The molecule has 2 aromatic rings. The van der Waals surface area contributed by atoms with E-state index >= 15 is 0 Å². The van der Waals surface area contributed by atoms with E-state index in [2.05, 4.69) is 21.2 Å². The van der Waals surface area contributed by atoms with Crippen molar-refractivity contribution in [1.29, 1.82) is 0 Å². The number of anilines is 1. The second kappa shape index (κ2) is 5.18. The van der Waals surface area contributed by atoms with Crippen molar-refractivity contribution >= 4 is 27.5 Å². The summed E-state index contributed by atoms with van der Waals surface area (Å²) in [6.07, 6.45) is 0. The van der Waals surface area contributed by atoms with Gasteiger partial charge in [-0.15, -0.1) is 0 Å². The van der Waals surface area contributed by atoms with E-state index in [1.54, 1.807) is 12.1 Å². The van der Waals surface area contributed by atoms with Crippen LogP contribution < -0.4 is 5.32 Å². The molecule has 2 aromatic carbocycles. The maximum atomic E-state index is 13.0. The van der Waals surface area contributed by atoms with Gasteiger partial charge >= 0.3 is 0 Å². The molecule has 0 fully saturated rings. The molecule has 3 nitrogen and oxygen atoms in total. The fourth-order valence-corrected chi connectivity index (χ4v) is 1.82. The average molecular weight is 310 g/mol. The highest BCUT2D eigenvalue weighted by atomic mass is 79.9. The molecule has 0 atom stereocenters. The quantitative estimate of drug-likeness (QED) is 0.891. The molecule has 0 saturated carbocycles. The normalized spacial score (nSPS) is 10.1. The smallest absolute Gasteiger partial charge is 0.259 e. The molecule has 0 spiro atoms. The SMILES string of the molecule is O=C(Nc1ccc(F)c(Br)c1)c1ccccc1O. The molecule has 0 saturated heterocycles. The Labute approximate surface area is 111 Å². The standard InChI is InChI=1S/C13H9BrFNO2/c14-10-7-8(5-6-11(10)15)16-13(18)9-3-1-2-4-12(9)17/h1-7,17H,(H,16,18). The summed E-state index contributed by atoms with van der Waals surface area (Å²) in [5.41, 5.74) is 0.606. The Bertz CT molecular complexity index is 601. The highest BCUT2D eigenvalue weighted by Crippen LogP contribution is 2.22. The number of phenolic OH excluding ortho intramolecular Hbond substituents is 1. The van der Waals surface area contributed by atoms with E-state index in [1.807, 2.05) is 0 Å². The molecule has 0 aromatic heterocycles. The summed E-state index contributed by atoms with van der Waals surface area (Å²) in [6.45, 7) is 0. The molecule has 2 N–H and O–H groups in total. The van der Waals surface area contributed by atoms with Crippen molar-refractivity contribution in [2.24, 2.45) is 0 Å². The van der Waals surface area contributed by atoms with Crippen LogP contribution in [0.2, 0.25) is 0 Å². The topological polar surface area (TPSA) is 49.3 Å². The van der Waals surface area contributed by atoms with E-state index in [0.29, 0.717) is 5.69 Å². The highest BCUT2D eigenvalue weighted by molar-refractivity contribution is 9.10. The summed E-state index contributed by atoms with van der Waals surface area (Å²) in [5.74, 6) is -0.960. The molecule has 0 radical (unpaired) electrons. The van der Waals surface area contributed by atoms with Gasteiger partial charge in [0.05, 0.1) is 10.0 Å². The van der Waals surface area contributed by atoms with Gasteiger partial charge in [-0.1, -0.05) is 12.1 Å². The van der Waals surface area contributed by atoms with Gasteiger partial charge in [-0.3, -0.25) is 4.79 Å². The van der Waals surface area contributed by atoms with E-state index in [1.165, 1.54) is 30.3 Å². The number of carbonyl (C=O) groups excluding carboxylic acids is 1. The minimum atomic E-state index is -0.452. The van der Waals surface area contributed by atoms with Gasteiger partial charge in [-0.2, -0.15) is 0 Å². The summed E-state index contributed by atoms with van der Waals surface area (Å²) in [6, 6.07) is 10.3. The van der Waals surface area contributed by atoms with Gasteiger partial charge in [-0.05, 0) is 46.3 Å². The third kappa shape index (κ3) is 2.68. The average Bonchev–Trinajstić information content (AvgIpc) is 2.34. The molecule has 0 aliphatic rings. The Hall–Kier alpha value is -1.88. The van der Waals surface area contributed by atoms with Crippen LogP contribution in [-0.4, -0.2) is 11.0 Å². The molecule has 1 amide bonds. The van der Waals surface area contributed by atoms with E-state index < -0.39 is 11.7 Å². The van der Waals surface area contributed by atoms with E-state index in [-0.39, 0.29) is 15.8 Å². The van der Waals surface area contributed by atoms with Gasteiger partial charge in [0.15, 0.2) is 0 Å². The Balaban J connectivity index is 2.22. The van der Waals surface area contributed by atoms with Crippen LogP contribution in [0.5, 0.6) is 5.75 Å². The summed E-state index contributed by atoms with van der Waals surface area (Å²) < 4.78 is 13.3.